The molecule has 0 aliphatic heterocycles. The van der Waals surface area contributed by atoms with Crippen molar-refractivity contribution in [1.29, 1.82) is 0 Å². The van der Waals surface area contributed by atoms with Crippen molar-refractivity contribution in [1.82, 2.24) is 15.1 Å². The highest BCUT2D eigenvalue weighted by Crippen LogP contribution is 2.26. The quantitative estimate of drug-likeness (QED) is 0.677. The Balaban J connectivity index is 1.89. The molecule has 2 N–H and O–H groups in total. The molecule has 0 saturated carbocycles. The fourth-order valence-electron chi connectivity index (χ4n) is 1.94. The van der Waals surface area contributed by atoms with Gasteiger partial charge >= 0.3 is 12.2 Å². The first-order valence-corrected chi connectivity index (χ1v) is 8.41. The molecule has 1 aromatic heterocycles. The number of halogens is 3. The molecule has 2 amide bonds. The van der Waals surface area contributed by atoms with Crippen molar-refractivity contribution in [2.45, 2.75) is 6.18 Å². The standard InChI is InChI=1S/C15H17F3N4O3S/c16-15(17,18)10-25-9-7-22(6-8-23)14(24)19-13-21-20-12(26-13)11-4-2-1-3-5-11/h1-5,23H,6-10H2,(H,19,21,24). The molecule has 1 heterocycles. The van der Waals surface area contributed by atoms with Crippen molar-refractivity contribution in [3.63, 3.8) is 0 Å². The van der Waals surface area contributed by atoms with E-state index < -0.39 is 18.8 Å². The van der Waals surface area contributed by atoms with E-state index in [9.17, 15) is 18.0 Å². The second-order valence-electron chi connectivity index (χ2n) is 5.09. The van der Waals surface area contributed by atoms with Crippen molar-refractivity contribution in [2.24, 2.45) is 0 Å². The number of carbonyl (C=O) groups excluding carboxylic acids is 1. The zero-order chi connectivity index (χ0) is 19.0. The summed E-state index contributed by atoms with van der Waals surface area (Å²) in [5.74, 6) is 0. The van der Waals surface area contributed by atoms with Gasteiger partial charge in [-0.2, -0.15) is 13.2 Å². The molecule has 0 saturated heterocycles. The maximum absolute atomic E-state index is 12.2. The van der Waals surface area contributed by atoms with Gasteiger partial charge in [0.1, 0.15) is 11.6 Å². The van der Waals surface area contributed by atoms with E-state index >= 15 is 0 Å². The Hall–Kier alpha value is -2.24. The molecular formula is C15H17F3N4O3S. The fraction of sp³-hybridized carbons (Fsp3) is 0.400. The van der Waals surface area contributed by atoms with E-state index in [-0.39, 0.29) is 31.4 Å². The number of alkyl halides is 3. The summed E-state index contributed by atoms with van der Waals surface area (Å²) in [7, 11) is 0. The Labute approximate surface area is 151 Å². The van der Waals surface area contributed by atoms with Crippen LogP contribution in [0.1, 0.15) is 0 Å². The Morgan fingerprint density at radius 2 is 1.96 bits per heavy atom. The van der Waals surface area contributed by atoms with Crippen LogP contribution in [-0.2, 0) is 4.74 Å². The third-order valence-corrected chi connectivity index (χ3v) is 3.98. The predicted octanol–water partition coefficient (Wildman–Crippen LogP) is 2.61. The van der Waals surface area contributed by atoms with Crippen LogP contribution in [-0.4, -0.2) is 65.3 Å². The molecule has 0 unspecified atom stereocenters. The van der Waals surface area contributed by atoms with Crippen LogP contribution in [0.3, 0.4) is 0 Å². The molecule has 7 nitrogen and oxygen atoms in total. The lowest BCUT2D eigenvalue weighted by molar-refractivity contribution is -0.174. The Bertz CT molecular complexity index is 697. The molecule has 0 atom stereocenters. The van der Waals surface area contributed by atoms with Crippen molar-refractivity contribution in [2.75, 3.05) is 38.2 Å². The van der Waals surface area contributed by atoms with Gasteiger partial charge in [0.25, 0.3) is 0 Å². The number of aromatic nitrogens is 2. The monoisotopic (exact) mass is 390 g/mol. The summed E-state index contributed by atoms with van der Waals surface area (Å²) in [6, 6.07) is 8.65. The van der Waals surface area contributed by atoms with Gasteiger partial charge < -0.3 is 14.7 Å². The van der Waals surface area contributed by atoms with Crippen molar-refractivity contribution in [3.05, 3.63) is 30.3 Å². The van der Waals surface area contributed by atoms with Gasteiger partial charge in [0.15, 0.2) is 0 Å². The van der Waals surface area contributed by atoms with Crippen LogP contribution >= 0.6 is 11.3 Å². The Morgan fingerprint density at radius 3 is 2.62 bits per heavy atom. The van der Waals surface area contributed by atoms with E-state index in [1.54, 1.807) is 0 Å². The number of nitrogens with zero attached hydrogens (tertiary/aromatic N) is 3. The zero-order valence-electron chi connectivity index (χ0n) is 13.6. The fourth-order valence-corrected chi connectivity index (χ4v) is 2.68. The number of aliphatic hydroxyl groups excluding tert-OH is 1. The molecule has 0 bridgehead atoms. The van der Waals surface area contributed by atoms with E-state index in [0.717, 1.165) is 21.8 Å². The lowest BCUT2D eigenvalue weighted by atomic mass is 10.2. The minimum atomic E-state index is -4.43. The molecule has 2 rings (SSSR count). The van der Waals surface area contributed by atoms with E-state index in [1.807, 2.05) is 30.3 Å². The third-order valence-electron chi connectivity index (χ3n) is 3.09. The molecule has 1 aromatic carbocycles. The van der Waals surface area contributed by atoms with Crippen molar-refractivity contribution >= 4 is 22.5 Å². The number of aliphatic hydroxyl groups is 1. The summed E-state index contributed by atoms with van der Waals surface area (Å²) in [6.07, 6.45) is -4.43. The van der Waals surface area contributed by atoms with E-state index in [1.165, 1.54) is 0 Å². The number of anilines is 1. The molecule has 0 spiro atoms. The van der Waals surface area contributed by atoms with E-state index in [2.05, 4.69) is 20.3 Å². The Kier molecular flexibility index (Phi) is 7.30. The van der Waals surface area contributed by atoms with Gasteiger partial charge in [0.2, 0.25) is 5.13 Å². The highest BCUT2D eigenvalue weighted by molar-refractivity contribution is 7.18. The van der Waals surface area contributed by atoms with Crippen LogP contribution < -0.4 is 5.32 Å². The molecule has 0 fully saturated rings. The minimum absolute atomic E-state index is 0.0500. The van der Waals surface area contributed by atoms with Gasteiger partial charge in [-0.05, 0) is 0 Å². The lowest BCUT2D eigenvalue weighted by Gasteiger charge is -2.21. The Morgan fingerprint density at radius 1 is 1.23 bits per heavy atom. The number of hydrogen-bond donors (Lipinski definition) is 2. The highest BCUT2D eigenvalue weighted by atomic mass is 32.1. The SMILES string of the molecule is O=C(Nc1nnc(-c2ccccc2)s1)N(CCO)CCOCC(F)(F)F. The molecule has 2 aromatic rings. The summed E-state index contributed by atoms with van der Waals surface area (Å²) >= 11 is 1.16. The number of ether oxygens (including phenoxy) is 1. The summed E-state index contributed by atoms with van der Waals surface area (Å²) in [6.45, 7) is -2.19. The number of amides is 2. The number of hydrogen-bond acceptors (Lipinski definition) is 6. The molecule has 11 heteroatoms. The number of rotatable bonds is 8. The lowest BCUT2D eigenvalue weighted by Crippen LogP contribution is -2.39. The summed E-state index contributed by atoms with van der Waals surface area (Å²) in [5.41, 5.74) is 0.846. The van der Waals surface area contributed by atoms with Crippen molar-refractivity contribution < 1.29 is 27.8 Å². The largest absolute Gasteiger partial charge is 0.411 e. The molecule has 26 heavy (non-hydrogen) atoms. The smallest absolute Gasteiger partial charge is 0.395 e. The topological polar surface area (TPSA) is 87.6 Å². The molecule has 142 valence electrons. The predicted molar refractivity (Wildman–Crippen MR) is 89.9 cm³/mol. The zero-order valence-corrected chi connectivity index (χ0v) is 14.4. The summed E-state index contributed by atoms with van der Waals surface area (Å²) < 4.78 is 40.6. The molecule has 0 aliphatic carbocycles. The number of benzene rings is 1. The van der Waals surface area contributed by atoms with Crippen LogP contribution in [0.5, 0.6) is 0 Å². The van der Waals surface area contributed by atoms with Gasteiger partial charge in [-0.1, -0.05) is 41.7 Å². The first kappa shape index (κ1) is 20.1. The minimum Gasteiger partial charge on any atom is -0.395 e. The summed E-state index contributed by atoms with van der Waals surface area (Å²) in [5, 5.41) is 20.3. The van der Waals surface area contributed by atoms with Crippen LogP contribution in [0.2, 0.25) is 0 Å². The first-order chi connectivity index (χ1) is 12.4. The number of nitrogens with one attached hydrogen (secondary N) is 1. The maximum atomic E-state index is 12.2. The summed E-state index contributed by atoms with van der Waals surface area (Å²) in [4.78, 5) is 13.3. The average molecular weight is 390 g/mol. The van der Waals surface area contributed by atoms with E-state index in [0.29, 0.717) is 5.01 Å². The van der Waals surface area contributed by atoms with Crippen LogP contribution in [0.15, 0.2) is 30.3 Å². The van der Waals surface area contributed by atoms with Crippen LogP contribution in [0.25, 0.3) is 10.6 Å². The third kappa shape index (κ3) is 6.58. The van der Waals surface area contributed by atoms with Crippen molar-refractivity contribution in [3.8, 4) is 10.6 Å². The van der Waals surface area contributed by atoms with Crippen LogP contribution in [0.4, 0.5) is 23.1 Å². The molecule has 0 aliphatic rings. The second kappa shape index (κ2) is 9.46. The first-order valence-electron chi connectivity index (χ1n) is 7.59. The molecule has 0 radical (unpaired) electrons. The van der Waals surface area contributed by atoms with Gasteiger partial charge in [-0.3, -0.25) is 5.32 Å². The average Bonchev–Trinajstić information content (AvgIpc) is 3.06. The highest BCUT2D eigenvalue weighted by Gasteiger charge is 2.27. The molecular weight excluding hydrogens is 373 g/mol. The normalized spacial score (nSPS) is 11.4. The van der Waals surface area contributed by atoms with Gasteiger partial charge in [0.05, 0.1) is 13.2 Å². The second-order valence-corrected chi connectivity index (χ2v) is 6.06. The van der Waals surface area contributed by atoms with Gasteiger partial charge in [-0.25, -0.2) is 4.79 Å². The van der Waals surface area contributed by atoms with E-state index in [4.69, 9.17) is 5.11 Å². The number of carbonyl (C=O) groups is 1. The van der Waals surface area contributed by atoms with Gasteiger partial charge in [0, 0.05) is 18.7 Å². The number of urea groups is 1. The van der Waals surface area contributed by atoms with Gasteiger partial charge in [-0.15, -0.1) is 10.2 Å². The van der Waals surface area contributed by atoms with Crippen LogP contribution in [0, 0.1) is 0 Å². The maximum Gasteiger partial charge on any atom is 0.411 e.